The van der Waals surface area contributed by atoms with Gasteiger partial charge >= 0.3 is 10.1 Å². The highest BCUT2D eigenvalue weighted by Crippen LogP contribution is 2.49. The van der Waals surface area contributed by atoms with Gasteiger partial charge in [-0.25, -0.2) is 4.98 Å². The molecule has 0 amide bonds. The highest BCUT2D eigenvalue weighted by atomic mass is 32.2. The number of methoxy groups -OCH3 is 1. The van der Waals surface area contributed by atoms with Gasteiger partial charge in [0.25, 0.3) is 0 Å². The molecular weight excluding hydrogens is 464 g/mol. The molecule has 0 saturated carbocycles. The number of fused-ring (bicyclic) bond motifs is 4. The van der Waals surface area contributed by atoms with Gasteiger partial charge in [-0.05, 0) is 54.4 Å². The molecule has 0 spiro atoms. The second-order valence-corrected chi connectivity index (χ2v) is 9.57. The molecule has 1 aromatic heterocycles. The Balaban J connectivity index is 2.07. The number of aliphatic hydroxyl groups excluding tert-OH is 1. The monoisotopic (exact) mass is 486 g/mol. The van der Waals surface area contributed by atoms with Crippen molar-refractivity contribution in [1.29, 1.82) is 0 Å². The fourth-order valence-electron chi connectivity index (χ4n) is 5.13. The smallest absolute Gasteiger partial charge is 0.312 e. The van der Waals surface area contributed by atoms with E-state index in [0.717, 1.165) is 6.42 Å². The zero-order chi connectivity index (χ0) is 24.6. The molecular formula is C20H22N8O5S. The number of hydrogen-bond donors (Lipinski definition) is 2. The molecule has 3 aliphatic heterocycles. The number of ether oxygens (including phenoxy) is 1. The molecule has 13 nitrogen and oxygen atoms in total. The summed E-state index contributed by atoms with van der Waals surface area (Å²) in [5.74, 6) is 0.671. The molecule has 14 heteroatoms. The van der Waals surface area contributed by atoms with Crippen molar-refractivity contribution in [3.63, 3.8) is 0 Å². The number of hydrogen-bond acceptors (Lipinski definition) is 8. The van der Waals surface area contributed by atoms with E-state index in [1.54, 1.807) is 0 Å². The second-order valence-electron chi connectivity index (χ2n) is 8.23. The van der Waals surface area contributed by atoms with Gasteiger partial charge < -0.3 is 9.84 Å². The van der Waals surface area contributed by atoms with Gasteiger partial charge in [0.05, 0.1) is 30.1 Å². The summed E-state index contributed by atoms with van der Waals surface area (Å²) in [6.07, 6.45) is 2.04. The third-order valence-electron chi connectivity index (χ3n) is 6.64. The first-order valence-corrected chi connectivity index (χ1v) is 11.9. The molecule has 5 atom stereocenters. The largest absolute Gasteiger partial charge is 0.496 e. The van der Waals surface area contributed by atoms with E-state index in [1.165, 1.54) is 19.2 Å². The van der Waals surface area contributed by atoms with Gasteiger partial charge in [-0.15, -0.1) is 6.58 Å². The van der Waals surface area contributed by atoms with Crippen LogP contribution >= 0.6 is 0 Å². The van der Waals surface area contributed by atoms with E-state index in [4.69, 9.17) is 10.3 Å². The molecule has 34 heavy (non-hydrogen) atoms. The Hall–Kier alpha value is -3.38. The Morgan fingerprint density at radius 3 is 2.59 bits per heavy atom. The van der Waals surface area contributed by atoms with Crippen LogP contribution in [0, 0.1) is 11.8 Å². The van der Waals surface area contributed by atoms with E-state index in [9.17, 15) is 23.6 Å². The lowest BCUT2D eigenvalue weighted by molar-refractivity contribution is -0.0443. The van der Waals surface area contributed by atoms with Crippen LogP contribution in [0.1, 0.15) is 24.5 Å². The number of nitrogens with zero attached hydrogens (tertiary/aromatic N) is 8. The standard InChI is InChI=1S/C20H22N8O5S/c1-3-10-9-28-7-6-11(10)8-13(28)19(29)16-15-12(4-5-14(33-2)17(15)24-26-21)23-20(34(30,31)32)18(16)25-27-22/h3-5,10-11,13,19,29H,1,6-9H2,2H3,(H,30,31,32)/t10-,11?,13-,19-/m0/s1. The van der Waals surface area contributed by atoms with Gasteiger partial charge in [0.15, 0.2) is 5.03 Å². The summed E-state index contributed by atoms with van der Waals surface area (Å²) in [6, 6.07) is 2.36. The van der Waals surface area contributed by atoms with Crippen LogP contribution in [0.3, 0.4) is 0 Å². The molecule has 5 rings (SSSR count). The molecule has 2 unspecified atom stereocenters. The maximum atomic E-state index is 12.2. The average molecular weight is 487 g/mol. The summed E-state index contributed by atoms with van der Waals surface area (Å²) in [5, 5.41) is 18.0. The molecule has 0 radical (unpaired) electrons. The average Bonchev–Trinajstić information content (AvgIpc) is 2.83. The third kappa shape index (κ3) is 3.92. The quantitative estimate of drug-likeness (QED) is 0.191. The first-order chi connectivity index (χ1) is 16.2. The van der Waals surface area contributed by atoms with Crippen LogP contribution in [0.15, 0.2) is 40.0 Å². The van der Waals surface area contributed by atoms with Crippen LogP contribution in [-0.2, 0) is 10.1 Å². The van der Waals surface area contributed by atoms with E-state index in [2.05, 4.69) is 36.5 Å². The van der Waals surface area contributed by atoms with Gasteiger partial charge in [-0.1, -0.05) is 16.3 Å². The van der Waals surface area contributed by atoms with Crippen molar-refractivity contribution in [3.8, 4) is 5.75 Å². The highest BCUT2D eigenvalue weighted by Gasteiger charge is 2.43. The van der Waals surface area contributed by atoms with E-state index < -0.39 is 33.0 Å². The molecule has 2 aromatic rings. The second kappa shape index (κ2) is 9.11. The minimum Gasteiger partial charge on any atom is -0.496 e. The molecule has 178 valence electrons. The maximum absolute atomic E-state index is 12.2. The first kappa shape index (κ1) is 23.8. The van der Waals surface area contributed by atoms with E-state index >= 15 is 0 Å². The van der Waals surface area contributed by atoms with Gasteiger partial charge in [-0.2, -0.15) is 8.42 Å². The van der Waals surface area contributed by atoms with Crippen LogP contribution in [0.4, 0.5) is 11.4 Å². The first-order valence-electron chi connectivity index (χ1n) is 10.4. The van der Waals surface area contributed by atoms with E-state index in [0.29, 0.717) is 19.5 Å². The van der Waals surface area contributed by atoms with Crippen LogP contribution in [0.2, 0.25) is 0 Å². The van der Waals surface area contributed by atoms with Crippen LogP contribution in [0.5, 0.6) is 5.75 Å². The van der Waals surface area contributed by atoms with Crippen LogP contribution < -0.4 is 4.74 Å². The predicted octanol–water partition coefficient (Wildman–Crippen LogP) is 4.30. The molecule has 0 aliphatic carbocycles. The zero-order valence-corrected chi connectivity index (χ0v) is 19.0. The molecule has 2 N–H and O–H groups in total. The summed E-state index contributed by atoms with van der Waals surface area (Å²) in [4.78, 5) is 11.6. The minimum absolute atomic E-state index is 0.00158. The van der Waals surface area contributed by atoms with Crippen molar-refractivity contribution in [1.82, 2.24) is 9.88 Å². The van der Waals surface area contributed by atoms with Crippen molar-refractivity contribution in [2.75, 3.05) is 20.2 Å². The zero-order valence-electron chi connectivity index (χ0n) is 18.2. The number of aromatic nitrogens is 1. The van der Waals surface area contributed by atoms with Crippen molar-refractivity contribution < 1.29 is 22.8 Å². The van der Waals surface area contributed by atoms with Gasteiger partial charge in [0.1, 0.15) is 5.75 Å². The fraction of sp³-hybridized carbons (Fsp3) is 0.450. The summed E-state index contributed by atoms with van der Waals surface area (Å²) in [6.45, 7) is 5.27. The Bertz CT molecular complexity index is 1370. The normalized spacial score (nSPS) is 24.7. The van der Waals surface area contributed by atoms with Crippen molar-refractivity contribution in [3.05, 3.63) is 51.2 Å². The Morgan fingerprint density at radius 1 is 1.32 bits per heavy atom. The molecule has 3 fully saturated rings. The highest BCUT2D eigenvalue weighted by molar-refractivity contribution is 7.85. The topological polar surface area (TPSA) is 197 Å². The Labute approximate surface area is 194 Å². The molecule has 4 heterocycles. The number of azide groups is 2. The summed E-state index contributed by atoms with van der Waals surface area (Å²) >= 11 is 0. The lowest BCUT2D eigenvalue weighted by Crippen LogP contribution is -2.54. The fourth-order valence-corrected chi connectivity index (χ4v) is 5.74. The number of aliphatic hydroxyl groups is 1. The maximum Gasteiger partial charge on any atom is 0.312 e. The Morgan fingerprint density at radius 2 is 2.03 bits per heavy atom. The van der Waals surface area contributed by atoms with Crippen LogP contribution in [-0.4, -0.2) is 54.2 Å². The lowest BCUT2D eigenvalue weighted by atomic mass is 9.73. The number of pyridine rings is 1. The summed E-state index contributed by atoms with van der Waals surface area (Å²) in [7, 11) is -3.60. The third-order valence-corrected chi connectivity index (χ3v) is 7.41. The van der Waals surface area contributed by atoms with Crippen molar-refractivity contribution >= 4 is 32.4 Å². The van der Waals surface area contributed by atoms with Gasteiger partial charge in [0, 0.05) is 33.4 Å². The van der Waals surface area contributed by atoms with Gasteiger partial charge in [0.2, 0.25) is 0 Å². The van der Waals surface area contributed by atoms with Crippen molar-refractivity contribution in [2.45, 2.75) is 30.0 Å². The summed E-state index contributed by atoms with van der Waals surface area (Å²) in [5.41, 5.74) is 17.6. The van der Waals surface area contributed by atoms with E-state index in [1.807, 2.05) is 6.08 Å². The predicted molar refractivity (Wildman–Crippen MR) is 122 cm³/mol. The van der Waals surface area contributed by atoms with Gasteiger partial charge in [-0.3, -0.25) is 9.45 Å². The molecule has 3 saturated heterocycles. The molecule has 2 bridgehead atoms. The van der Waals surface area contributed by atoms with Crippen molar-refractivity contribution in [2.24, 2.45) is 22.1 Å². The molecule has 3 aliphatic rings. The number of rotatable bonds is 7. The SMILES string of the molecule is C=C[C@H]1CN2CCC1C[C@H]2[C@H](O)c1c(N=[N+]=[N-])c(S(=O)(=O)O)nc2ccc(OC)c(N=[N+]=[N-])c12. The van der Waals surface area contributed by atoms with Crippen LogP contribution in [0.25, 0.3) is 31.8 Å². The van der Waals surface area contributed by atoms with E-state index in [-0.39, 0.29) is 39.7 Å². The molecule has 1 aromatic carbocycles. The minimum atomic E-state index is -4.95. The summed E-state index contributed by atoms with van der Waals surface area (Å²) < 4.78 is 39.5. The number of piperidine rings is 3. The Kier molecular flexibility index (Phi) is 6.36. The lowest BCUT2D eigenvalue weighted by Gasteiger charge is -2.50. The number of benzene rings is 1.